The highest BCUT2D eigenvalue weighted by atomic mass is 79.9. The Labute approximate surface area is 110 Å². The third-order valence-corrected chi connectivity index (χ3v) is 3.93. The van der Waals surface area contributed by atoms with Crippen molar-refractivity contribution in [2.45, 2.75) is 25.9 Å². The van der Waals surface area contributed by atoms with Crippen molar-refractivity contribution in [3.05, 3.63) is 34.3 Å². The number of halogens is 1. The summed E-state index contributed by atoms with van der Waals surface area (Å²) in [6.07, 6.45) is 0.857. The number of nitrogens with one attached hydrogen (secondary N) is 1. The van der Waals surface area contributed by atoms with Gasteiger partial charge in [-0.05, 0) is 18.1 Å². The maximum absolute atomic E-state index is 11.7. The lowest BCUT2D eigenvalue weighted by Crippen LogP contribution is -2.54. The zero-order valence-electron chi connectivity index (χ0n) is 9.95. The van der Waals surface area contributed by atoms with Gasteiger partial charge in [-0.15, -0.1) is 0 Å². The van der Waals surface area contributed by atoms with E-state index >= 15 is 0 Å². The number of nitrogens with zero attached hydrogens (tertiary/aromatic N) is 1. The summed E-state index contributed by atoms with van der Waals surface area (Å²) >= 11 is 3.55. The minimum atomic E-state index is 0.0101. The van der Waals surface area contributed by atoms with E-state index in [1.807, 2.05) is 18.2 Å². The standard InChI is InChI=1S/C13H17BrN2O/c1-2-12-13(17)15-7-8-16(12)9-10-5-3-4-6-11(10)14/h3-6,12H,2,7-9H2,1H3,(H,15,17). The first-order valence-corrected chi connectivity index (χ1v) is 6.77. The highest BCUT2D eigenvalue weighted by molar-refractivity contribution is 9.10. The van der Waals surface area contributed by atoms with Crippen molar-refractivity contribution < 1.29 is 4.79 Å². The van der Waals surface area contributed by atoms with Gasteiger partial charge in [0.2, 0.25) is 5.91 Å². The van der Waals surface area contributed by atoms with Crippen molar-refractivity contribution in [3.8, 4) is 0 Å². The Hall–Kier alpha value is -0.870. The van der Waals surface area contributed by atoms with Gasteiger partial charge >= 0.3 is 0 Å². The number of benzene rings is 1. The Balaban J connectivity index is 2.12. The van der Waals surface area contributed by atoms with E-state index in [9.17, 15) is 4.79 Å². The van der Waals surface area contributed by atoms with Gasteiger partial charge in [-0.2, -0.15) is 0 Å². The van der Waals surface area contributed by atoms with Crippen LogP contribution in [0.15, 0.2) is 28.7 Å². The van der Waals surface area contributed by atoms with Gasteiger partial charge in [0.15, 0.2) is 0 Å². The lowest BCUT2D eigenvalue weighted by atomic mass is 10.1. The fourth-order valence-corrected chi connectivity index (χ4v) is 2.65. The molecule has 0 aliphatic carbocycles. The molecule has 1 aromatic rings. The summed E-state index contributed by atoms with van der Waals surface area (Å²) in [4.78, 5) is 14.0. The minimum Gasteiger partial charge on any atom is -0.353 e. The van der Waals surface area contributed by atoms with Crippen molar-refractivity contribution in [1.82, 2.24) is 10.2 Å². The second-order valence-electron chi connectivity index (χ2n) is 4.28. The van der Waals surface area contributed by atoms with Crippen molar-refractivity contribution in [2.75, 3.05) is 13.1 Å². The maximum Gasteiger partial charge on any atom is 0.237 e. The molecule has 92 valence electrons. The van der Waals surface area contributed by atoms with Gasteiger partial charge in [-0.3, -0.25) is 9.69 Å². The molecule has 1 N–H and O–H groups in total. The fourth-order valence-electron chi connectivity index (χ4n) is 2.24. The van der Waals surface area contributed by atoms with Crippen LogP contribution >= 0.6 is 15.9 Å². The smallest absolute Gasteiger partial charge is 0.237 e. The zero-order valence-corrected chi connectivity index (χ0v) is 11.5. The van der Waals surface area contributed by atoms with Crippen LogP contribution in [0.1, 0.15) is 18.9 Å². The van der Waals surface area contributed by atoms with Gasteiger partial charge in [-0.1, -0.05) is 41.1 Å². The summed E-state index contributed by atoms with van der Waals surface area (Å²) in [6, 6.07) is 8.19. The summed E-state index contributed by atoms with van der Waals surface area (Å²) in [7, 11) is 0. The summed E-state index contributed by atoms with van der Waals surface area (Å²) in [5.41, 5.74) is 1.24. The van der Waals surface area contributed by atoms with Gasteiger partial charge in [-0.25, -0.2) is 0 Å². The Morgan fingerprint density at radius 3 is 2.94 bits per heavy atom. The van der Waals surface area contributed by atoms with Crippen molar-refractivity contribution in [3.63, 3.8) is 0 Å². The highest BCUT2D eigenvalue weighted by Gasteiger charge is 2.27. The minimum absolute atomic E-state index is 0.0101. The molecule has 1 aromatic carbocycles. The first kappa shape index (κ1) is 12.6. The van der Waals surface area contributed by atoms with Crippen LogP contribution in [-0.2, 0) is 11.3 Å². The van der Waals surface area contributed by atoms with Gasteiger partial charge < -0.3 is 5.32 Å². The number of hydrogen-bond acceptors (Lipinski definition) is 2. The van der Waals surface area contributed by atoms with Crippen LogP contribution in [0.4, 0.5) is 0 Å². The van der Waals surface area contributed by atoms with E-state index in [1.54, 1.807) is 0 Å². The number of carbonyl (C=O) groups excluding carboxylic acids is 1. The normalized spacial score (nSPS) is 21.3. The predicted molar refractivity (Wildman–Crippen MR) is 71.6 cm³/mol. The predicted octanol–water partition coefficient (Wildman–Crippen LogP) is 2.16. The molecule has 0 aromatic heterocycles. The molecule has 1 amide bonds. The molecule has 0 saturated carbocycles. The highest BCUT2D eigenvalue weighted by Crippen LogP contribution is 2.20. The SMILES string of the molecule is CCC1C(=O)NCCN1Cc1ccccc1Br. The van der Waals surface area contributed by atoms with Crippen LogP contribution in [-0.4, -0.2) is 29.9 Å². The average Bonchev–Trinajstić information content (AvgIpc) is 2.32. The van der Waals surface area contributed by atoms with E-state index in [1.165, 1.54) is 5.56 Å². The largest absolute Gasteiger partial charge is 0.353 e. The van der Waals surface area contributed by atoms with Crippen LogP contribution in [0.5, 0.6) is 0 Å². The van der Waals surface area contributed by atoms with Gasteiger partial charge in [0.05, 0.1) is 6.04 Å². The molecule has 4 heteroatoms. The van der Waals surface area contributed by atoms with E-state index in [0.29, 0.717) is 0 Å². The Bertz CT molecular complexity index is 408. The summed E-state index contributed by atoms with van der Waals surface area (Å²) < 4.78 is 1.11. The topological polar surface area (TPSA) is 32.3 Å². The van der Waals surface area contributed by atoms with Crippen LogP contribution in [0, 0.1) is 0 Å². The second-order valence-corrected chi connectivity index (χ2v) is 5.13. The molecule has 3 nitrogen and oxygen atoms in total. The lowest BCUT2D eigenvalue weighted by Gasteiger charge is -2.34. The number of piperazine rings is 1. The van der Waals surface area contributed by atoms with E-state index in [-0.39, 0.29) is 11.9 Å². The molecule has 1 aliphatic heterocycles. The van der Waals surface area contributed by atoms with Crippen LogP contribution in [0.2, 0.25) is 0 Å². The number of hydrogen-bond donors (Lipinski definition) is 1. The quantitative estimate of drug-likeness (QED) is 0.927. The molecule has 2 rings (SSSR count). The van der Waals surface area contributed by atoms with E-state index in [2.05, 4.69) is 39.1 Å². The van der Waals surface area contributed by atoms with Crippen LogP contribution < -0.4 is 5.32 Å². The second kappa shape index (κ2) is 5.65. The molecular weight excluding hydrogens is 280 g/mol. The molecule has 1 aliphatic rings. The number of rotatable bonds is 3. The number of carbonyl (C=O) groups is 1. The Morgan fingerprint density at radius 2 is 2.24 bits per heavy atom. The van der Waals surface area contributed by atoms with Crippen LogP contribution in [0.25, 0.3) is 0 Å². The fraction of sp³-hybridized carbons (Fsp3) is 0.462. The third kappa shape index (κ3) is 2.87. The summed E-state index contributed by atoms with van der Waals surface area (Å²) in [6.45, 7) is 4.56. The average molecular weight is 297 g/mol. The number of amides is 1. The summed E-state index contributed by atoms with van der Waals surface area (Å²) in [5.74, 6) is 0.158. The van der Waals surface area contributed by atoms with Crippen molar-refractivity contribution >= 4 is 21.8 Å². The lowest BCUT2D eigenvalue weighted by molar-refractivity contribution is -0.129. The van der Waals surface area contributed by atoms with Crippen molar-refractivity contribution in [1.29, 1.82) is 0 Å². The van der Waals surface area contributed by atoms with Gasteiger partial charge in [0.1, 0.15) is 0 Å². The first-order chi connectivity index (χ1) is 8.22. The molecule has 1 heterocycles. The molecular formula is C13H17BrN2O. The molecule has 1 fully saturated rings. The molecule has 1 atom stereocenters. The molecule has 0 spiro atoms. The van der Waals surface area contributed by atoms with E-state index in [4.69, 9.17) is 0 Å². The zero-order chi connectivity index (χ0) is 12.3. The van der Waals surface area contributed by atoms with Gasteiger partial charge in [0, 0.05) is 24.1 Å². The summed E-state index contributed by atoms with van der Waals surface area (Å²) in [5, 5.41) is 2.92. The monoisotopic (exact) mass is 296 g/mol. The molecule has 1 unspecified atom stereocenters. The van der Waals surface area contributed by atoms with Crippen LogP contribution in [0.3, 0.4) is 0 Å². The molecule has 1 saturated heterocycles. The molecule has 0 bridgehead atoms. The maximum atomic E-state index is 11.7. The molecule has 0 radical (unpaired) electrons. The first-order valence-electron chi connectivity index (χ1n) is 5.97. The Morgan fingerprint density at radius 1 is 1.47 bits per heavy atom. The van der Waals surface area contributed by atoms with Gasteiger partial charge in [0.25, 0.3) is 0 Å². The third-order valence-electron chi connectivity index (χ3n) is 3.16. The van der Waals surface area contributed by atoms with E-state index in [0.717, 1.165) is 30.5 Å². The van der Waals surface area contributed by atoms with E-state index < -0.39 is 0 Å². The Kier molecular flexibility index (Phi) is 4.18. The van der Waals surface area contributed by atoms with Crippen molar-refractivity contribution in [2.24, 2.45) is 0 Å². The molecule has 17 heavy (non-hydrogen) atoms.